The standard InChI is InChI=1S/C27H40N2O2/c1-20-5-4-6-21(15-20)17-24(30)7-8-25-26-18-22(16-23(26)19-27(25)31)9-10-28-11-14-29-12-2-3-13-29/h4-8,15-16,23-28,30-31H,2-3,9-14,17-19H2,1H3/b8-7+/t23-,24-,25+,26-,27+/m0/s1. The largest absolute Gasteiger partial charge is 0.392 e. The third kappa shape index (κ3) is 6.29. The molecule has 1 saturated carbocycles. The van der Waals surface area contributed by atoms with Crippen molar-refractivity contribution in [1.29, 1.82) is 0 Å². The number of rotatable bonds is 10. The number of nitrogens with one attached hydrogen (secondary N) is 1. The summed E-state index contributed by atoms with van der Waals surface area (Å²) in [7, 11) is 0. The Hall–Kier alpha value is -1.46. The van der Waals surface area contributed by atoms with E-state index in [4.69, 9.17) is 0 Å². The van der Waals surface area contributed by atoms with Crippen molar-refractivity contribution in [3.05, 3.63) is 59.2 Å². The summed E-state index contributed by atoms with van der Waals surface area (Å²) in [4.78, 5) is 2.55. The predicted molar refractivity (Wildman–Crippen MR) is 127 cm³/mol. The number of fused-ring (bicyclic) bond motifs is 1. The number of aliphatic hydroxyl groups is 2. The molecule has 4 rings (SSSR count). The quantitative estimate of drug-likeness (QED) is 0.398. The van der Waals surface area contributed by atoms with E-state index in [1.807, 2.05) is 12.1 Å². The average Bonchev–Trinajstić information content (AvgIpc) is 3.43. The third-order valence-electron chi connectivity index (χ3n) is 7.46. The van der Waals surface area contributed by atoms with Crippen LogP contribution in [-0.4, -0.2) is 60.0 Å². The Balaban J connectivity index is 1.20. The van der Waals surface area contributed by atoms with Gasteiger partial charge in [-0.25, -0.2) is 0 Å². The fourth-order valence-electron chi connectivity index (χ4n) is 5.81. The van der Waals surface area contributed by atoms with Crippen molar-refractivity contribution < 1.29 is 10.2 Å². The molecule has 170 valence electrons. The van der Waals surface area contributed by atoms with Crippen LogP contribution in [0.5, 0.6) is 0 Å². The summed E-state index contributed by atoms with van der Waals surface area (Å²) in [6, 6.07) is 8.31. The van der Waals surface area contributed by atoms with Crippen LogP contribution in [0.25, 0.3) is 0 Å². The molecule has 0 aromatic heterocycles. The molecule has 4 heteroatoms. The van der Waals surface area contributed by atoms with Crippen LogP contribution in [-0.2, 0) is 6.42 Å². The highest BCUT2D eigenvalue weighted by Gasteiger charge is 2.43. The van der Waals surface area contributed by atoms with E-state index in [1.54, 1.807) is 5.57 Å². The van der Waals surface area contributed by atoms with Crippen LogP contribution >= 0.6 is 0 Å². The summed E-state index contributed by atoms with van der Waals surface area (Å²) in [5, 5.41) is 24.7. The molecule has 0 unspecified atom stereocenters. The SMILES string of the molecule is Cc1cccc(C[C@@H](O)/C=C/[C@@H]2[C@H]3CC(CCNCCN4CCCC4)=C[C@H]3C[C@H]2O)c1. The maximum absolute atomic E-state index is 10.6. The Morgan fingerprint density at radius 2 is 2.06 bits per heavy atom. The van der Waals surface area contributed by atoms with E-state index in [9.17, 15) is 10.2 Å². The van der Waals surface area contributed by atoms with Gasteiger partial charge in [0.2, 0.25) is 0 Å². The van der Waals surface area contributed by atoms with Crippen LogP contribution in [0.2, 0.25) is 0 Å². The van der Waals surface area contributed by atoms with Gasteiger partial charge in [0, 0.05) is 25.4 Å². The Kier molecular flexibility index (Phi) is 8.00. The predicted octanol–water partition coefficient (Wildman–Crippen LogP) is 3.47. The zero-order valence-corrected chi connectivity index (χ0v) is 19.0. The molecule has 0 amide bonds. The van der Waals surface area contributed by atoms with Gasteiger partial charge >= 0.3 is 0 Å². The lowest BCUT2D eigenvalue weighted by atomic mass is 9.88. The Labute approximate surface area is 188 Å². The van der Waals surface area contributed by atoms with Crippen LogP contribution in [0, 0.1) is 24.7 Å². The van der Waals surface area contributed by atoms with Crippen LogP contribution in [0.15, 0.2) is 48.1 Å². The first kappa shape index (κ1) is 22.7. The first-order valence-electron chi connectivity index (χ1n) is 12.3. The molecule has 1 aromatic rings. The summed E-state index contributed by atoms with van der Waals surface area (Å²) in [5.41, 5.74) is 3.93. The molecule has 0 bridgehead atoms. The molecular weight excluding hydrogens is 384 g/mol. The number of hydrogen-bond donors (Lipinski definition) is 3. The molecule has 1 saturated heterocycles. The molecule has 2 aliphatic carbocycles. The van der Waals surface area contributed by atoms with Gasteiger partial charge in [-0.3, -0.25) is 0 Å². The molecule has 31 heavy (non-hydrogen) atoms. The van der Waals surface area contributed by atoms with Gasteiger partial charge in [0.15, 0.2) is 0 Å². The van der Waals surface area contributed by atoms with Crippen molar-refractivity contribution >= 4 is 0 Å². The number of hydrogen-bond acceptors (Lipinski definition) is 4. The second-order valence-electron chi connectivity index (χ2n) is 9.93. The van der Waals surface area contributed by atoms with E-state index in [2.05, 4.69) is 47.5 Å². The fourth-order valence-corrected chi connectivity index (χ4v) is 5.81. The van der Waals surface area contributed by atoms with Crippen molar-refractivity contribution in [3.8, 4) is 0 Å². The van der Waals surface area contributed by atoms with E-state index in [1.165, 1.54) is 38.0 Å². The number of aliphatic hydroxyl groups excluding tert-OH is 2. The van der Waals surface area contributed by atoms with Crippen molar-refractivity contribution in [2.24, 2.45) is 17.8 Å². The van der Waals surface area contributed by atoms with Gasteiger partial charge in [-0.1, -0.05) is 53.6 Å². The lowest BCUT2D eigenvalue weighted by Gasteiger charge is -2.19. The van der Waals surface area contributed by atoms with E-state index in [0.29, 0.717) is 18.3 Å². The van der Waals surface area contributed by atoms with Crippen molar-refractivity contribution in [2.45, 2.75) is 57.7 Å². The van der Waals surface area contributed by atoms with Crippen LogP contribution in [0.3, 0.4) is 0 Å². The molecule has 3 N–H and O–H groups in total. The Morgan fingerprint density at radius 1 is 1.23 bits per heavy atom. The fraction of sp³-hybridized carbons (Fsp3) is 0.630. The zero-order valence-electron chi connectivity index (χ0n) is 19.0. The van der Waals surface area contributed by atoms with Gasteiger partial charge in [0.05, 0.1) is 12.2 Å². The minimum atomic E-state index is -0.498. The molecule has 2 fully saturated rings. The lowest BCUT2D eigenvalue weighted by molar-refractivity contribution is 0.140. The van der Waals surface area contributed by atoms with Crippen LogP contribution in [0.4, 0.5) is 0 Å². The number of nitrogens with zero attached hydrogens (tertiary/aromatic N) is 1. The topological polar surface area (TPSA) is 55.7 Å². The van der Waals surface area contributed by atoms with Gasteiger partial charge in [-0.15, -0.1) is 0 Å². The van der Waals surface area contributed by atoms with Crippen molar-refractivity contribution in [1.82, 2.24) is 10.2 Å². The number of benzene rings is 1. The van der Waals surface area contributed by atoms with E-state index in [-0.39, 0.29) is 12.0 Å². The lowest BCUT2D eigenvalue weighted by Crippen LogP contribution is -2.30. The Morgan fingerprint density at radius 3 is 2.87 bits per heavy atom. The van der Waals surface area contributed by atoms with Gasteiger partial charge in [0.1, 0.15) is 0 Å². The highest BCUT2D eigenvalue weighted by Crippen LogP contribution is 2.47. The highest BCUT2D eigenvalue weighted by molar-refractivity contribution is 5.24. The second-order valence-corrected chi connectivity index (χ2v) is 9.93. The zero-order chi connectivity index (χ0) is 21.6. The molecule has 1 aromatic carbocycles. The highest BCUT2D eigenvalue weighted by atomic mass is 16.3. The molecule has 1 heterocycles. The Bertz CT molecular complexity index is 768. The second kappa shape index (κ2) is 10.9. The minimum absolute atomic E-state index is 0.161. The molecule has 5 atom stereocenters. The van der Waals surface area contributed by atoms with Gasteiger partial charge < -0.3 is 20.4 Å². The molecule has 0 spiro atoms. The van der Waals surface area contributed by atoms with Crippen LogP contribution < -0.4 is 5.32 Å². The number of aryl methyl sites for hydroxylation is 1. The first-order valence-corrected chi connectivity index (χ1v) is 12.3. The minimum Gasteiger partial charge on any atom is -0.392 e. The summed E-state index contributed by atoms with van der Waals surface area (Å²) >= 11 is 0. The van der Waals surface area contributed by atoms with Crippen molar-refractivity contribution in [3.63, 3.8) is 0 Å². The van der Waals surface area contributed by atoms with E-state index < -0.39 is 6.10 Å². The van der Waals surface area contributed by atoms with Gasteiger partial charge in [-0.05, 0) is 76.1 Å². The first-order chi connectivity index (χ1) is 15.1. The smallest absolute Gasteiger partial charge is 0.0761 e. The van der Waals surface area contributed by atoms with Crippen LogP contribution in [0.1, 0.15) is 43.2 Å². The third-order valence-corrected chi connectivity index (χ3v) is 7.46. The number of likely N-dealkylation sites (tertiary alicyclic amines) is 1. The maximum atomic E-state index is 10.6. The molecule has 4 nitrogen and oxygen atoms in total. The monoisotopic (exact) mass is 424 g/mol. The summed E-state index contributed by atoms with van der Waals surface area (Å²) in [5.74, 6) is 1.16. The maximum Gasteiger partial charge on any atom is 0.0761 e. The van der Waals surface area contributed by atoms with E-state index in [0.717, 1.165) is 37.9 Å². The van der Waals surface area contributed by atoms with Crippen molar-refractivity contribution in [2.75, 3.05) is 32.7 Å². The molecule has 0 radical (unpaired) electrons. The van der Waals surface area contributed by atoms with E-state index >= 15 is 0 Å². The number of allylic oxidation sites excluding steroid dienone is 1. The summed E-state index contributed by atoms with van der Waals surface area (Å²) < 4.78 is 0. The molecular formula is C27H40N2O2. The summed E-state index contributed by atoms with van der Waals surface area (Å²) in [6.45, 7) is 7.93. The van der Waals surface area contributed by atoms with Gasteiger partial charge in [0.25, 0.3) is 0 Å². The normalized spacial score (nSPS) is 29.6. The average molecular weight is 425 g/mol. The van der Waals surface area contributed by atoms with Gasteiger partial charge in [-0.2, -0.15) is 0 Å². The molecule has 3 aliphatic rings. The molecule has 1 aliphatic heterocycles. The summed E-state index contributed by atoms with van der Waals surface area (Å²) in [6.07, 6.45) is 12.1.